The summed E-state index contributed by atoms with van der Waals surface area (Å²) in [5, 5.41) is 7.21. The van der Waals surface area contributed by atoms with Crippen molar-refractivity contribution in [2.24, 2.45) is 0 Å². The molecule has 1 aliphatic rings. The van der Waals surface area contributed by atoms with Crippen LogP contribution in [0, 0.1) is 0 Å². The molecule has 2 atom stereocenters. The highest BCUT2D eigenvalue weighted by molar-refractivity contribution is 8.00. The van der Waals surface area contributed by atoms with Crippen molar-refractivity contribution in [3.63, 3.8) is 0 Å². The van der Waals surface area contributed by atoms with E-state index in [1.165, 1.54) is 5.56 Å². The number of rotatable bonds is 6. The summed E-state index contributed by atoms with van der Waals surface area (Å²) >= 11 is 7.66. The molecule has 3 nitrogen and oxygen atoms in total. The number of hydrogen-bond donors (Lipinski definition) is 2. The van der Waals surface area contributed by atoms with Gasteiger partial charge in [0.15, 0.2) is 0 Å². The van der Waals surface area contributed by atoms with Crippen molar-refractivity contribution in [2.45, 2.75) is 17.7 Å². The maximum absolute atomic E-state index is 12.2. The number of benzene rings is 2. The van der Waals surface area contributed by atoms with E-state index in [4.69, 9.17) is 11.6 Å². The summed E-state index contributed by atoms with van der Waals surface area (Å²) in [5.74, 6) is 0.544. The van der Waals surface area contributed by atoms with Crippen LogP contribution in [-0.4, -0.2) is 30.8 Å². The number of carbonyl (C=O) groups excluding carboxylic acids is 1. The van der Waals surface area contributed by atoms with E-state index in [2.05, 4.69) is 22.8 Å². The summed E-state index contributed by atoms with van der Waals surface area (Å²) < 4.78 is 0. The normalized spacial score (nSPS) is 17.6. The lowest BCUT2D eigenvalue weighted by molar-refractivity contribution is -0.119. The van der Waals surface area contributed by atoms with Gasteiger partial charge in [-0.2, -0.15) is 0 Å². The van der Waals surface area contributed by atoms with Crippen LogP contribution in [0.3, 0.4) is 0 Å². The topological polar surface area (TPSA) is 41.1 Å². The molecule has 1 aliphatic heterocycles. The van der Waals surface area contributed by atoms with E-state index in [1.54, 1.807) is 11.8 Å². The van der Waals surface area contributed by atoms with Crippen LogP contribution in [0.4, 0.5) is 0 Å². The predicted octanol–water partition coefficient (Wildman–Crippen LogP) is 4.06. The second kappa shape index (κ2) is 10.1. The molecule has 0 radical (unpaired) electrons. The Labute approximate surface area is 164 Å². The molecular weight excluding hydrogens is 375 g/mol. The first kappa shape index (κ1) is 20.1. The van der Waals surface area contributed by atoms with E-state index in [9.17, 15) is 4.79 Å². The van der Waals surface area contributed by atoms with Crippen molar-refractivity contribution in [2.75, 3.05) is 18.8 Å². The van der Waals surface area contributed by atoms with Crippen LogP contribution in [0.15, 0.2) is 54.6 Å². The molecule has 1 saturated heterocycles. The zero-order chi connectivity index (χ0) is 16.8. The molecule has 2 aromatic rings. The van der Waals surface area contributed by atoms with Crippen molar-refractivity contribution in [3.05, 3.63) is 70.7 Å². The SMILES string of the molecule is Cl.O=C(CSC(c1ccccc1)c1ccc(Cl)cc1)NC1CCNC1. The lowest BCUT2D eigenvalue weighted by Crippen LogP contribution is -2.37. The Morgan fingerprint density at radius 2 is 1.84 bits per heavy atom. The Morgan fingerprint density at radius 1 is 1.16 bits per heavy atom. The molecule has 25 heavy (non-hydrogen) atoms. The number of carbonyl (C=O) groups is 1. The molecule has 2 aromatic carbocycles. The molecule has 0 aliphatic carbocycles. The molecule has 0 spiro atoms. The van der Waals surface area contributed by atoms with Crippen LogP contribution in [-0.2, 0) is 4.79 Å². The largest absolute Gasteiger partial charge is 0.351 e. The minimum Gasteiger partial charge on any atom is -0.351 e. The first-order valence-corrected chi connectivity index (χ1v) is 9.57. The second-order valence-corrected chi connectivity index (χ2v) is 7.44. The molecule has 1 heterocycles. The van der Waals surface area contributed by atoms with Crippen molar-refractivity contribution in [3.8, 4) is 0 Å². The summed E-state index contributed by atoms with van der Waals surface area (Å²) in [4.78, 5) is 12.2. The minimum atomic E-state index is 0. The second-order valence-electron chi connectivity index (χ2n) is 5.91. The Balaban J connectivity index is 0.00000225. The van der Waals surface area contributed by atoms with Crippen LogP contribution in [0.5, 0.6) is 0 Å². The number of nitrogens with one attached hydrogen (secondary N) is 2. The molecule has 2 N–H and O–H groups in total. The van der Waals surface area contributed by atoms with E-state index in [-0.39, 0.29) is 29.6 Å². The summed E-state index contributed by atoms with van der Waals surface area (Å²) in [5.41, 5.74) is 2.35. The van der Waals surface area contributed by atoms with Gasteiger partial charge in [0.1, 0.15) is 0 Å². The summed E-state index contributed by atoms with van der Waals surface area (Å²) in [6.45, 7) is 1.85. The van der Waals surface area contributed by atoms with Gasteiger partial charge in [-0.3, -0.25) is 4.79 Å². The summed E-state index contributed by atoms with van der Waals surface area (Å²) in [6.07, 6.45) is 1.01. The first-order valence-electron chi connectivity index (χ1n) is 8.14. The molecule has 0 bridgehead atoms. The highest BCUT2D eigenvalue weighted by Gasteiger charge is 2.19. The molecule has 1 amide bonds. The van der Waals surface area contributed by atoms with Gasteiger partial charge in [-0.15, -0.1) is 24.2 Å². The van der Waals surface area contributed by atoms with Gasteiger partial charge in [-0.25, -0.2) is 0 Å². The van der Waals surface area contributed by atoms with Crippen LogP contribution in [0.1, 0.15) is 22.8 Å². The van der Waals surface area contributed by atoms with E-state index >= 15 is 0 Å². The van der Waals surface area contributed by atoms with E-state index in [0.717, 1.165) is 30.1 Å². The van der Waals surface area contributed by atoms with Gasteiger partial charge in [0.25, 0.3) is 0 Å². The van der Waals surface area contributed by atoms with Gasteiger partial charge in [-0.1, -0.05) is 54.1 Å². The first-order chi connectivity index (χ1) is 11.7. The highest BCUT2D eigenvalue weighted by Crippen LogP contribution is 2.35. The van der Waals surface area contributed by atoms with E-state index in [0.29, 0.717) is 5.75 Å². The third-order valence-electron chi connectivity index (χ3n) is 4.08. The van der Waals surface area contributed by atoms with Crippen molar-refractivity contribution < 1.29 is 4.79 Å². The Bertz CT molecular complexity index is 661. The van der Waals surface area contributed by atoms with Gasteiger partial charge in [0.2, 0.25) is 5.91 Å². The fourth-order valence-corrected chi connectivity index (χ4v) is 4.08. The van der Waals surface area contributed by atoms with Gasteiger partial charge < -0.3 is 10.6 Å². The molecule has 3 rings (SSSR count). The number of halogens is 2. The van der Waals surface area contributed by atoms with E-state index < -0.39 is 0 Å². The average Bonchev–Trinajstić information content (AvgIpc) is 3.10. The molecule has 6 heteroatoms. The standard InChI is InChI=1S/C19H21ClN2OS.ClH/c20-16-8-6-15(7-9-16)19(14-4-2-1-3-5-14)24-13-18(23)22-17-10-11-21-12-17;/h1-9,17,19,21H,10-13H2,(H,22,23);1H. The fourth-order valence-electron chi connectivity index (χ4n) is 2.86. The van der Waals surface area contributed by atoms with Gasteiger partial charge in [-0.05, 0) is 36.2 Å². The Kier molecular flexibility index (Phi) is 8.10. The van der Waals surface area contributed by atoms with Crippen LogP contribution in [0.25, 0.3) is 0 Å². The molecule has 2 unspecified atom stereocenters. The van der Waals surface area contributed by atoms with Crippen molar-refractivity contribution >= 4 is 41.7 Å². The number of amides is 1. The Morgan fingerprint density at radius 3 is 2.48 bits per heavy atom. The lowest BCUT2D eigenvalue weighted by Gasteiger charge is -2.18. The maximum atomic E-state index is 12.2. The molecule has 0 saturated carbocycles. The third kappa shape index (κ3) is 5.93. The molecule has 134 valence electrons. The highest BCUT2D eigenvalue weighted by atomic mass is 35.5. The zero-order valence-corrected chi connectivity index (χ0v) is 16.2. The van der Waals surface area contributed by atoms with Crippen molar-refractivity contribution in [1.82, 2.24) is 10.6 Å². The van der Waals surface area contributed by atoms with Crippen LogP contribution in [0.2, 0.25) is 5.02 Å². The monoisotopic (exact) mass is 396 g/mol. The summed E-state index contributed by atoms with van der Waals surface area (Å²) in [7, 11) is 0. The minimum absolute atomic E-state index is 0. The fraction of sp³-hybridized carbons (Fsp3) is 0.316. The molecular formula is C19H22Cl2N2OS. The van der Waals surface area contributed by atoms with Crippen LogP contribution < -0.4 is 10.6 Å². The van der Waals surface area contributed by atoms with Gasteiger partial charge in [0.05, 0.1) is 11.0 Å². The molecule has 0 aromatic heterocycles. The smallest absolute Gasteiger partial charge is 0.230 e. The number of hydrogen-bond acceptors (Lipinski definition) is 3. The lowest BCUT2D eigenvalue weighted by atomic mass is 10.0. The third-order valence-corrected chi connectivity index (χ3v) is 5.64. The molecule has 1 fully saturated rings. The van der Waals surface area contributed by atoms with E-state index in [1.807, 2.05) is 42.5 Å². The zero-order valence-electron chi connectivity index (χ0n) is 13.8. The number of thioether (sulfide) groups is 1. The van der Waals surface area contributed by atoms with Crippen LogP contribution >= 0.6 is 35.8 Å². The van der Waals surface area contributed by atoms with Gasteiger partial charge >= 0.3 is 0 Å². The Hall–Kier alpha value is -1.20. The maximum Gasteiger partial charge on any atom is 0.230 e. The summed E-state index contributed by atoms with van der Waals surface area (Å²) in [6, 6.07) is 18.4. The average molecular weight is 397 g/mol. The quantitative estimate of drug-likeness (QED) is 0.773. The predicted molar refractivity (Wildman–Crippen MR) is 109 cm³/mol. The van der Waals surface area contributed by atoms with Gasteiger partial charge in [0, 0.05) is 17.6 Å². The van der Waals surface area contributed by atoms with Crippen molar-refractivity contribution in [1.29, 1.82) is 0 Å².